The molecule has 1 saturated carbocycles. The van der Waals surface area contributed by atoms with Crippen LogP contribution in [0.4, 0.5) is 29.1 Å². The molecule has 0 spiro atoms. The molecule has 41 heavy (non-hydrogen) atoms. The number of fused-ring (bicyclic) bond motifs is 1. The van der Waals surface area contributed by atoms with Gasteiger partial charge in [0.1, 0.15) is 17.7 Å². The fourth-order valence-corrected chi connectivity index (χ4v) is 6.20. The standard InChI is InChI=1S/C29H25F4N5O3/c30-18-11-19(31)13-21(12-18)38(26(40)23-5-6-25(39)37(23)24-16-34-9-10-35-24)29(8-7-17-3-1-2-4-22(17)29)27(41)36-20-14-28(32,33)15-20/h1-4,9-13,16,20,23H,5-8,14-15H2,(H,36,41)/t23-,29-/m0/s1. The summed E-state index contributed by atoms with van der Waals surface area (Å²) in [7, 11) is 0. The summed E-state index contributed by atoms with van der Waals surface area (Å²) < 4.78 is 56.7. The van der Waals surface area contributed by atoms with Crippen LogP contribution in [0.2, 0.25) is 0 Å². The highest BCUT2D eigenvalue weighted by Crippen LogP contribution is 2.47. The number of nitrogens with one attached hydrogen (secondary N) is 1. The smallest absolute Gasteiger partial charge is 0.252 e. The first kappa shape index (κ1) is 26.9. The lowest BCUT2D eigenvalue weighted by Crippen LogP contribution is -2.64. The van der Waals surface area contributed by atoms with E-state index in [1.165, 1.54) is 23.5 Å². The Morgan fingerprint density at radius 3 is 2.44 bits per heavy atom. The van der Waals surface area contributed by atoms with Crippen molar-refractivity contribution in [2.45, 2.75) is 62.1 Å². The van der Waals surface area contributed by atoms with Gasteiger partial charge in [0, 0.05) is 43.8 Å². The normalized spacial score (nSPS) is 23.2. The molecule has 2 fully saturated rings. The zero-order chi connectivity index (χ0) is 28.9. The summed E-state index contributed by atoms with van der Waals surface area (Å²) in [5.41, 5.74) is -0.934. The van der Waals surface area contributed by atoms with Crippen molar-refractivity contribution >= 4 is 29.2 Å². The molecule has 0 radical (unpaired) electrons. The molecule has 0 unspecified atom stereocenters. The van der Waals surface area contributed by atoms with Crippen LogP contribution >= 0.6 is 0 Å². The highest BCUT2D eigenvalue weighted by molar-refractivity contribution is 6.12. The lowest BCUT2D eigenvalue weighted by Gasteiger charge is -2.45. The van der Waals surface area contributed by atoms with Crippen LogP contribution in [-0.2, 0) is 26.3 Å². The van der Waals surface area contributed by atoms with Gasteiger partial charge in [0.15, 0.2) is 11.4 Å². The summed E-state index contributed by atoms with van der Waals surface area (Å²) in [4.78, 5) is 52.2. The average molecular weight is 568 g/mol. The van der Waals surface area contributed by atoms with Gasteiger partial charge in [-0.3, -0.25) is 29.2 Å². The molecular formula is C29H25F4N5O3. The Hall–Kier alpha value is -4.35. The van der Waals surface area contributed by atoms with Crippen LogP contribution in [0.5, 0.6) is 0 Å². The molecule has 12 heteroatoms. The molecule has 1 aliphatic heterocycles. The number of carbonyl (C=O) groups is 3. The number of aryl methyl sites for hydroxylation is 1. The Morgan fingerprint density at radius 2 is 1.76 bits per heavy atom. The second kappa shape index (κ2) is 9.93. The van der Waals surface area contributed by atoms with Gasteiger partial charge < -0.3 is 5.32 Å². The Bertz CT molecular complexity index is 1510. The zero-order valence-electron chi connectivity index (χ0n) is 21.7. The highest BCUT2D eigenvalue weighted by Gasteiger charge is 2.57. The van der Waals surface area contributed by atoms with Gasteiger partial charge in [0.05, 0.1) is 11.9 Å². The first-order valence-electron chi connectivity index (χ1n) is 13.2. The fourth-order valence-electron chi connectivity index (χ4n) is 6.20. The molecule has 2 aliphatic carbocycles. The van der Waals surface area contributed by atoms with Gasteiger partial charge in [-0.05, 0) is 42.5 Å². The largest absolute Gasteiger partial charge is 0.351 e. The van der Waals surface area contributed by atoms with E-state index in [4.69, 9.17) is 0 Å². The number of amides is 3. The molecule has 3 amide bonds. The minimum Gasteiger partial charge on any atom is -0.351 e. The Kier molecular flexibility index (Phi) is 6.50. The number of alkyl halides is 2. The molecule has 2 atom stereocenters. The maximum absolute atomic E-state index is 14.7. The van der Waals surface area contributed by atoms with Gasteiger partial charge in [-0.2, -0.15) is 0 Å². The van der Waals surface area contributed by atoms with Crippen molar-refractivity contribution in [2.75, 3.05) is 9.80 Å². The molecule has 1 aromatic heterocycles. The molecule has 212 valence electrons. The minimum absolute atomic E-state index is 0.00866. The van der Waals surface area contributed by atoms with E-state index in [-0.39, 0.29) is 30.8 Å². The number of hydrogen-bond acceptors (Lipinski definition) is 5. The molecule has 2 heterocycles. The monoisotopic (exact) mass is 567 g/mol. The molecular weight excluding hydrogens is 542 g/mol. The van der Waals surface area contributed by atoms with E-state index >= 15 is 0 Å². The van der Waals surface area contributed by atoms with Crippen LogP contribution in [0.1, 0.15) is 43.2 Å². The van der Waals surface area contributed by atoms with Crippen LogP contribution in [-0.4, -0.2) is 45.7 Å². The molecule has 3 aliphatic rings. The van der Waals surface area contributed by atoms with Crippen molar-refractivity contribution in [1.29, 1.82) is 0 Å². The van der Waals surface area contributed by atoms with Gasteiger partial charge in [0.25, 0.3) is 17.7 Å². The Balaban J connectivity index is 1.51. The third kappa shape index (κ3) is 4.60. The SMILES string of the molecule is O=C1CC[C@@H](C(=O)N(c2cc(F)cc(F)c2)[C@@]2(C(=O)NC3CC(F)(F)C3)CCc3ccccc32)N1c1cnccn1. The summed E-state index contributed by atoms with van der Waals surface area (Å²) in [5.74, 6) is -6.68. The fraction of sp³-hybridized carbons (Fsp3) is 0.345. The van der Waals surface area contributed by atoms with Crippen LogP contribution in [0.15, 0.2) is 61.1 Å². The molecule has 6 rings (SSSR count). The lowest BCUT2D eigenvalue weighted by molar-refractivity contribution is -0.137. The summed E-state index contributed by atoms with van der Waals surface area (Å²) in [6.45, 7) is 0. The van der Waals surface area contributed by atoms with Crippen LogP contribution in [0.3, 0.4) is 0 Å². The van der Waals surface area contributed by atoms with E-state index in [0.29, 0.717) is 18.1 Å². The molecule has 3 aromatic rings. The third-order valence-corrected chi connectivity index (χ3v) is 8.02. The predicted octanol–water partition coefficient (Wildman–Crippen LogP) is 4.04. The van der Waals surface area contributed by atoms with E-state index in [1.54, 1.807) is 24.3 Å². The molecule has 2 aromatic carbocycles. The number of hydrogen-bond donors (Lipinski definition) is 1. The number of nitrogens with zero attached hydrogens (tertiary/aromatic N) is 4. The van der Waals surface area contributed by atoms with Gasteiger partial charge in [-0.1, -0.05) is 24.3 Å². The number of benzene rings is 2. The van der Waals surface area contributed by atoms with Crippen molar-refractivity contribution in [2.24, 2.45) is 0 Å². The van der Waals surface area contributed by atoms with Crippen LogP contribution in [0, 0.1) is 11.6 Å². The second-order valence-electron chi connectivity index (χ2n) is 10.6. The highest BCUT2D eigenvalue weighted by atomic mass is 19.3. The van der Waals surface area contributed by atoms with Crippen molar-refractivity contribution < 1.29 is 31.9 Å². The number of halogens is 4. The van der Waals surface area contributed by atoms with Crippen molar-refractivity contribution in [3.63, 3.8) is 0 Å². The zero-order valence-corrected chi connectivity index (χ0v) is 21.7. The van der Waals surface area contributed by atoms with Gasteiger partial charge in [0.2, 0.25) is 5.91 Å². The number of aromatic nitrogens is 2. The van der Waals surface area contributed by atoms with Gasteiger partial charge >= 0.3 is 0 Å². The predicted molar refractivity (Wildman–Crippen MR) is 139 cm³/mol. The summed E-state index contributed by atoms with van der Waals surface area (Å²) in [6.07, 6.45) is 3.37. The third-order valence-electron chi connectivity index (χ3n) is 8.02. The summed E-state index contributed by atoms with van der Waals surface area (Å²) >= 11 is 0. The topological polar surface area (TPSA) is 95.5 Å². The molecule has 8 nitrogen and oxygen atoms in total. The number of carbonyl (C=O) groups excluding carboxylic acids is 3. The second-order valence-corrected chi connectivity index (χ2v) is 10.6. The summed E-state index contributed by atoms with van der Waals surface area (Å²) in [5, 5.41) is 2.67. The maximum atomic E-state index is 14.7. The van der Waals surface area contributed by atoms with Crippen molar-refractivity contribution in [3.8, 4) is 0 Å². The lowest BCUT2D eigenvalue weighted by atomic mass is 9.83. The Labute approximate surface area is 232 Å². The minimum atomic E-state index is -2.92. The molecule has 1 saturated heterocycles. The van der Waals surface area contributed by atoms with E-state index in [1.807, 2.05) is 0 Å². The van der Waals surface area contributed by atoms with E-state index < -0.39 is 65.7 Å². The van der Waals surface area contributed by atoms with Crippen LogP contribution in [0.25, 0.3) is 0 Å². The van der Waals surface area contributed by atoms with Crippen molar-refractivity contribution in [1.82, 2.24) is 15.3 Å². The van der Waals surface area contributed by atoms with Crippen molar-refractivity contribution in [3.05, 3.63) is 83.8 Å². The molecule has 1 N–H and O–H groups in total. The molecule has 0 bridgehead atoms. The van der Waals surface area contributed by atoms with E-state index in [9.17, 15) is 31.9 Å². The van der Waals surface area contributed by atoms with Gasteiger partial charge in [-0.25, -0.2) is 22.5 Å². The first-order valence-corrected chi connectivity index (χ1v) is 13.2. The first-order chi connectivity index (χ1) is 19.6. The van der Waals surface area contributed by atoms with Gasteiger partial charge in [-0.15, -0.1) is 0 Å². The maximum Gasteiger partial charge on any atom is 0.252 e. The van der Waals surface area contributed by atoms with E-state index in [0.717, 1.165) is 22.6 Å². The quantitative estimate of drug-likeness (QED) is 0.454. The van der Waals surface area contributed by atoms with Crippen LogP contribution < -0.4 is 15.1 Å². The summed E-state index contributed by atoms with van der Waals surface area (Å²) in [6, 6.07) is 7.37. The average Bonchev–Trinajstić information content (AvgIpc) is 3.49. The number of rotatable bonds is 6. The van der Waals surface area contributed by atoms with E-state index in [2.05, 4.69) is 15.3 Å². The number of anilines is 2. The Morgan fingerprint density at radius 1 is 1.02 bits per heavy atom.